The summed E-state index contributed by atoms with van der Waals surface area (Å²) in [4.78, 5) is 8.91. The summed E-state index contributed by atoms with van der Waals surface area (Å²) < 4.78 is 39.9. The highest BCUT2D eigenvalue weighted by atomic mass is 19.2. The molecule has 0 bridgehead atoms. The fourth-order valence-electron chi connectivity index (χ4n) is 3.71. The molecule has 35 heavy (non-hydrogen) atoms. The summed E-state index contributed by atoms with van der Waals surface area (Å²) in [5.74, 6) is -2.23. The Morgan fingerprint density at radius 1 is 1.06 bits per heavy atom. The number of nitrogens with zero attached hydrogens (tertiary/aromatic N) is 2. The minimum atomic E-state index is -1.05. The van der Waals surface area contributed by atoms with Crippen LogP contribution in [0.5, 0.6) is 5.75 Å². The van der Waals surface area contributed by atoms with E-state index < -0.39 is 11.6 Å². The Morgan fingerprint density at radius 3 is 2.71 bits per heavy atom. The SMILES string of the molecule is C=CCOc1ccc(-c2cnc3cc(/C=C/CCCC(C)OCCCCC)ccc3n2)c(F)c1F. The number of hydrogen-bond donors (Lipinski definition) is 0. The second-order valence-corrected chi connectivity index (χ2v) is 8.56. The number of rotatable bonds is 14. The maximum Gasteiger partial charge on any atom is 0.201 e. The van der Waals surface area contributed by atoms with Gasteiger partial charge in [0.2, 0.25) is 5.82 Å². The van der Waals surface area contributed by atoms with E-state index in [9.17, 15) is 8.78 Å². The van der Waals surface area contributed by atoms with Gasteiger partial charge in [0.05, 0.1) is 29.0 Å². The van der Waals surface area contributed by atoms with Crippen molar-refractivity contribution in [2.24, 2.45) is 0 Å². The second-order valence-electron chi connectivity index (χ2n) is 8.56. The summed E-state index contributed by atoms with van der Waals surface area (Å²) in [7, 11) is 0. The van der Waals surface area contributed by atoms with Gasteiger partial charge in [-0.25, -0.2) is 9.37 Å². The van der Waals surface area contributed by atoms with Crippen LogP contribution >= 0.6 is 0 Å². The van der Waals surface area contributed by atoms with Gasteiger partial charge in [0.25, 0.3) is 0 Å². The van der Waals surface area contributed by atoms with Gasteiger partial charge in [0.15, 0.2) is 11.6 Å². The molecule has 1 heterocycles. The van der Waals surface area contributed by atoms with Crippen LogP contribution < -0.4 is 4.74 Å². The highest BCUT2D eigenvalue weighted by molar-refractivity contribution is 5.79. The van der Waals surface area contributed by atoms with Gasteiger partial charge in [-0.2, -0.15) is 4.39 Å². The molecule has 0 fully saturated rings. The van der Waals surface area contributed by atoms with Gasteiger partial charge in [0, 0.05) is 12.2 Å². The Balaban J connectivity index is 1.59. The Kier molecular flexibility index (Phi) is 10.4. The molecule has 0 saturated heterocycles. The van der Waals surface area contributed by atoms with E-state index in [2.05, 4.69) is 42.5 Å². The average Bonchev–Trinajstić information content (AvgIpc) is 2.87. The number of halogens is 2. The number of aromatic nitrogens is 2. The third kappa shape index (κ3) is 7.69. The van der Waals surface area contributed by atoms with Crippen LogP contribution in [0.1, 0.15) is 57.9 Å². The Hall–Kier alpha value is -3.12. The van der Waals surface area contributed by atoms with Crippen molar-refractivity contribution in [3.8, 4) is 17.0 Å². The summed E-state index contributed by atoms with van der Waals surface area (Å²) in [5.41, 5.74) is 2.62. The molecule has 4 nitrogen and oxygen atoms in total. The minimum Gasteiger partial charge on any atom is -0.486 e. The third-order valence-electron chi connectivity index (χ3n) is 5.69. The van der Waals surface area contributed by atoms with Crippen molar-refractivity contribution in [1.82, 2.24) is 9.97 Å². The van der Waals surface area contributed by atoms with Crippen LogP contribution in [0.25, 0.3) is 28.4 Å². The highest BCUT2D eigenvalue weighted by Gasteiger charge is 2.17. The number of benzene rings is 2. The summed E-state index contributed by atoms with van der Waals surface area (Å²) >= 11 is 0. The fourth-order valence-corrected chi connectivity index (χ4v) is 3.71. The van der Waals surface area contributed by atoms with Crippen molar-refractivity contribution in [3.63, 3.8) is 0 Å². The monoisotopic (exact) mass is 480 g/mol. The number of allylic oxidation sites excluding steroid dienone is 1. The lowest BCUT2D eigenvalue weighted by Crippen LogP contribution is -2.08. The third-order valence-corrected chi connectivity index (χ3v) is 5.69. The molecule has 0 N–H and O–H groups in total. The Morgan fingerprint density at radius 2 is 1.91 bits per heavy atom. The van der Waals surface area contributed by atoms with E-state index in [0.29, 0.717) is 17.1 Å². The summed E-state index contributed by atoms with van der Waals surface area (Å²) in [6, 6.07) is 8.55. The first-order chi connectivity index (χ1) is 17.0. The molecular formula is C29H34F2N2O2. The molecule has 0 spiro atoms. The molecule has 0 aliphatic carbocycles. The van der Waals surface area contributed by atoms with E-state index >= 15 is 0 Å². The van der Waals surface area contributed by atoms with Crippen molar-refractivity contribution < 1.29 is 18.3 Å². The van der Waals surface area contributed by atoms with Gasteiger partial charge in [-0.3, -0.25) is 4.98 Å². The predicted octanol–water partition coefficient (Wildman–Crippen LogP) is 7.92. The molecule has 1 atom stereocenters. The molecule has 0 aliphatic rings. The van der Waals surface area contributed by atoms with E-state index in [4.69, 9.17) is 9.47 Å². The van der Waals surface area contributed by atoms with Crippen LogP contribution in [-0.4, -0.2) is 29.3 Å². The van der Waals surface area contributed by atoms with Crippen LogP contribution in [0.4, 0.5) is 8.78 Å². The van der Waals surface area contributed by atoms with Gasteiger partial charge in [-0.15, -0.1) is 0 Å². The zero-order valence-corrected chi connectivity index (χ0v) is 20.6. The quantitative estimate of drug-likeness (QED) is 0.174. The molecule has 3 aromatic rings. The van der Waals surface area contributed by atoms with Crippen molar-refractivity contribution in [3.05, 3.63) is 72.5 Å². The lowest BCUT2D eigenvalue weighted by atomic mass is 10.1. The van der Waals surface area contributed by atoms with Crippen LogP contribution in [0.15, 0.2) is 55.3 Å². The van der Waals surface area contributed by atoms with Gasteiger partial charge in [0.1, 0.15) is 6.61 Å². The molecule has 0 aliphatic heterocycles. The number of hydrogen-bond acceptors (Lipinski definition) is 4. The van der Waals surface area contributed by atoms with Crippen LogP contribution in [0.3, 0.4) is 0 Å². The minimum absolute atomic E-state index is 0.0374. The molecular weight excluding hydrogens is 446 g/mol. The zero-order valence-electron chi connectivity index (χ0n) is 20.6. The Labute approximate surface area is 206 Å². The Bertz CT molecular complexity index is 1150. The van der Waals surface area contributed by atoms with Crippen molar-refractivity contribution in [1.29, 1.82) is 0 Å². The zero-order chi connectivity index (χ0) is 25.0. The van der Waals surface area contributed by atoms with E-state index in [-0.39, 0.29) is 23.6 Å². The van der Waals surface area contributed by atoms with Gasteiger partial charge < -0.3 is 9.47 Å². The maximum absolute atomic E-state index is 14.6. The lowest BCUT2D eigenvalue weighted by molar-refractivity contribution is 0.0566. The summed E-state index contributed by atoms with van der Waals surface area (Å²) in [5, 5.41) is 0. The first-order valence-electron chi connectivity index (χ1n) is 12.3. The predicted molar refractivity (Wildman–Crippen MR) is 138 cm³/mol. The van der Waals surface area contributed by atoms with Gasteiger partial charge in [-0.05, 0) is 62.4 Å². The normalized spacial score (nSPS) is 12.3. The topological polar surface area (TPSA) is 44.2 Å². The molecule has 0 radical (unpaired) electrons. The van der Waals surface area contributed by atoms with Crippen molar-refractivity contribution in [2.45, 2.75) is 58.5 Å². The number of unbranched alkanes of at least 4 members (excludes halogenated alkanes) is 3. The first kappa shape index (κ1) is 26.5. The summed E-state index contributed by atoms with van der Waals surface area (Å²) in [6.45, 7) is 8.78. The maximum atomic E-state index is 14.6. The largest absolute Gasteiger partial charge is 0.486 e. The molecule has 2 aromatic carbocycles. The molecule has 1 unspecified atom stereocenters. The lowest BCUT2D eigenvalue weighted by Gasteiger charge is -2.12. The molecule has 0 amide bonds. The standard InChI is InChI=1S/C29H34F2N2O2/c1-4-6-10-18-34-21(3)11-8-7-9-12-22-13-15-24-25(19-22)32-20-26(33-24)23-14-16-27(35-17-5-2)29(31)28(23)30/h5,9,12-16,19-21H,2,4,6-8,10-11,17-18H2,1,3H3/b12-9+. The average molecular weight is 481 g/mol. The van der Waals surface area contributed by atoms with E-state index in [0.717, 1.165) is 37.9 Å². The summed E-state index contributed by atoms with van der Waals surface area (Å²) in [6.07, 6.45) is 14.1. The fraction of sp³-hybridized carbons (Fsp3) is 0.379. The number of ether oxygens (including phenoxy) is 2. The van der Waals surface area contributed by atoms with Gasteiger partial charge >= 0.3 is 0 Å². The van der Waals surface area contributed by atoms with E-state index in [1.54, 1.807) is 0 Å². The second kappa shape index (κ2) is 13.7. The molecule has 1 aromatic heterocycles. The highest BCUT2D eigenvalue weighted by Crippen LogP contribution is 2.29. The van der Waals surface area contributed by atoms with E-state index in [1.165, 1.54) is 37.2 Å². The first-order valence-corrected chi connectivity index (χ1v) is 12.3. The van der Waals surface area contributed by atoms with Crippen molar-refractivity contribution >= 4 is 17.1 Å². The smallest absolute Gasteiger partial charge is 0.201 e. The van der Waals surface area contributed by atoms with E-state index in [1.807, 2.05) is 18.2 Å². The molecule has 0 saturated carbocycles. The molecule has 3 rings (SSSR count). The molecule has 186 valence electrons. The van der Waals surface area contributed by atoms with Crippen LogP contribution in [0, 0.1) is 11.6 Å². The molecule has 6 heteroatoms. The van der Waals surface area contributed by atoms with Crippen LogP contribution in [-0.2, 0) is 4.74 Å². The van der Waals surface area contributed by atoms with Crippen molar-refractivity contribution in [2.75, 3.05) is 13.2 Å². The van der Waals surface area contributed by atoms with Gasteiger partial charge in [-0.1, -0.05) is 50.6 Å². The van der Waals surface area contributed by atoms with Crippen LogP contribution in [0.2, 0.25) is 0 Å². The number of fused-ring (bicyclic) bond motifs is 1.